The molecule has 0 spiro atoms. The number of carboxylic acids is 1. The van der Waals surface area contributed by atoms with E-state index in [0.717, 1.165) is 24.3 Å². The van der Waals surface area contributed by atoms with Crippen LogP contribution in [0.15, 0.2) is 48.8 Å². The Bertz CT molecular complexity index is 1570. The van der Waals surface area contributed by atoms with Gasteiger partial charge in [-0.3, -0.25) is 19.8 Å². The molecular weight excluding hydrogens is 604 g/mol. The van der Waals surface area contributed by atoms with Gasteiger partial charge in [0.1, 0.15) is 11.6 Å². The first-order valence-corrected chi connectivity index (χ1v) is 14.6. The number of carboxylic acid groups (broad SMARTS) is 1. The van der Waals surface area contributed by atoms with Gasteiger partial charge in [0.15, 0.2) is 0 Å². The largest absolute Gasteiger partial charge is 0.481 e. The number of benzene rings is 2. The van der Waals surface area contributed by atoms with Crippen LogP contribution in [-0.4, -0.2) is 69.3 Å². The van der Waals surface area contributed by atoms with Crippen molar-refractivity contribution < 1.29 is 41.0 Å². The molecule has 2 aliphatic rings. The zero-order chi connectivity index (χ0) is 32.7. The van der Waals surface area contributed by atoms with E-state index in [1.165, 1.54) is 23.0 Å². The highest BCUT2D eigenvalue weighted by atomic mass is 19.4. The molecule has 1 amide bonds. The second-order valence-corrected chi connectivity index (χ2v) is 11.9. The van der Waals surface area contributed by atoms with Crippen LogP contribution in [0.25, 0.3) is 0 Å². The summed E-state index contributed by atoms with van der Waals surface area (Å²) in [7, 11) is 0. The molecule has 2 N–H and O–H groups in total. The third-order valence-corrected chi connectivity index (χ3v) is 8.73. The van der Waals surface area contributed by atoms with E-state index in [1.807, 2.05) is 0 Å². The van der Waals surface area contributed by atoms with Gasteiger partial charge >= 0.3 is 12.1 Å². The molecule has 2 saturated heterocycles. The Morgan fingerprint density at radius 1 is 1.11 bits per heavy atom. The predicted molar refractivity (Wildman–Crippen MR) is 154 cm³/mol. The quantitative estimate of drug-likeness (QED) is 0.309. The number of carbonyl (C=O) groups is 2. The van der Waals surface area contributed by atoms with Gasteiger partial charge in [-0.2, -0.15) is 13.2 Å². The lowest BCUT2D eigenvalue weighted by molar-refractivity contribution is -0.142. The Balaban J connectivity index is 1.42. The molecule has 0 aliphatic carbocycles. The van der Waals surface area contributed by atoms with Crippen LogP contribution in [0.1, 0.15) is 49.3 Å². The number of nitrogens with one attached hydrogen (secondary N) is 1. The van der Waals surface area contributed by atoms with Crippen molar-refractivity contribution in [3.05, 3.63) is 77.1 Å². The maximum absolute atomic E-state index is 16.7. The molecule has 14 heteroatoms. The lowest BCUT2D eigenvalue weighted by atomic mass is 9.85. The van der Waals surface area contributed by atoms with Crippen LogP contribution in [0, 0.1) is 17.6 Å². The number of anilines is 2. The summed E-state index contributed by atoms with van der Waals surface area (Å²) in [5.41, 5.74) is -2.92. The third-order valence-electron chi connectivity index (χ3n) is 8.73. The molecule has 5 rings (SSSR count). The summed E-state index contributed by atoms with van der Waals surface area (Å²) in [6.07, 6.45) is -1.26. The van der Waals surface area contributed by atoms with Crippen molar-refractivity contribution in [1.29, 1.82) is 0 Å². The zero-order valence-electron chi connectivity index (χ0n) is 24.6. The van der Waals surface area contributed by atoms with Gasteiger partial charge in [0.25, 0.3) is 5.91 Å². The number of halogens is 6. The van der Waals surface area contributed by atoms with E-state index in [1.54, 1.807) is 23.6 Å². The number of nitrogens with zero attached hydrogens (tertiary/aromatic N) is 4. The molecule has 45 heavy (non-hydrogen) atoms. The molecule has 0 saturated carbocycles. The van der Waals surface area contributed by atoms with Gasteiger partial charge in [-0.25, -0.2) is 18.2 Å². The third kappa shape index (κ3) is 6.65. The van der Waals surface area contributed by atoms with E-state index in [4.69, 9.17) is 0 Å². The minimum Gasteiger partial charge on any atom is -0.481 e. The number of amides is 1. The van der Waals surface area contributed by atoms with Crippen LogP contribution in [0.4, 0.5) is 38.0 Å². The highest BCUT2D eigenvalue weighted by molar-refractivity contribution is 5.97. The number of aromatic nitrogens is 2. The second-order valence-electron chi connectivity index (χ2n) is 11.9. The fourth-order valence-corrected chi connectivity index (χ4v) is 6.09. The van der Waals surface area contributed by atoms with Gasteiger partial charge in [-0.15, -0.1) is 0 Å². The van der Waals surface area contributed by atoms with Crippen LogP contribution < -0.4 is 10.2 Å². The van der Waals surface area contributed by atoms with E-state index in [-0.39, 0.29) is 68.8 Å². The normalized spacial score (nSPS) is 21.4. The maximum atomic E-state index is 16.7. The maximum Gasteiger partial charge on any atom is 0.416 e. The minimum absolute atomic E-state index is 0.00602. The molecular formula is C31H33F6N5O3. The average Bonchev–Trinajstić information content (AvgIpc) is 3.57. The first-order chi connectivity index (χ1) is 21.2. The molecule has 1 aromatic heterocycles. The molecule has 3 aromatic rings. The summed E-state index contributed by atoms with van der Waals surface area (Å²) in [5, 5.41) is 11.8. The summed E-state index contributed by atoms with van der Waals surface area (Å²) in [6, 6.07) is 5.87. The predicted octanol–water partition coefficient (Wildman–Crippen LogP) is 5.68. The van der Waals surface area contributed by atoms with Crippen LogP contribution in [0.2, 0.25) is 0 Å². The summed E-state index contributed by atoms with van der Waals surface area (Å²) < 4.78 is 87.5. The number of piperidine rings is 1. The number of likely N-dealkylation sites (tertiary alicyclic amines) is 1. The molecule has 2 fully saturated rings. The Labute approximate surface area is 255 Å². The molecule has 2 atom stereocenters. The van der Waals surface area contributed by atoms with Gasteiger partial charge in [0, 0.05) is 62.3 Å². The highest BCUT2D eigenvalue weighted by Gasteiger charge is 2.55. The molecule has 2 aromatic carbocycles. The number of hydrogen-bond acceptors (Lipinski definition) is 5. The monoisotopic (exact) mass is 637 g/mol. The van der Waals surface area contributed by atoms with Gasteiger partial charge in [-0.05, 0) is 56.0 Å². The molecule has 0 bridgehead atoms. The number of alkyl halides is 4. The van der Waals surface area contributed by atoms with Gasteiger partial charge in [0.2, 0.25) is 11.6 Å². The second kappa shape index (κ2) is 12.4. The van der Waals surface area contributed by atoms with Crippen LogP contribution in [0.5, 0.6) is 0 Å². The Hall–Kier alpha value is -4.07. The summed E-state index contributed by atoms with van der Waals surface area (Å²) in [4.78, 5) is 32.5. The van der Waals surface area contributed by atoms with E-state index < -0.39 is 52.8 Å². The molecule has 8 nitrogen and oxygen atoms in total. The van der Waals surface area contributed by atoms with E-state index in [0.29, 0.717) is 11.6 Å². The van der Waals surface area contributed by atoms with Crippen LogP contribution in [0.3, 0.4) is 0 Å². The fourth-order valence-electron chi connectivity index (χ4n) is 6.09. The number of hydrogen-bond donors (Lipinski definition) is 2. The SMILES string of the molecule is CC(C)N1C[C@@H](c2ccc(F)cc2F)[C@](F)(C(=O)Nc2nccn2Cc2ccc(C(F)(F)F)cc2N2CCC(C(=O)O)CC2)C1. The first kappa shape index (κ1) is 32.3. The minimum atomic E-state index is -4.61. The lowest BCUT2D eigenvalue weighted by Crippen LogP contribution is -2.46. The number of carbonyl (C=O) groups excluding carboxylic acids is 1. The van der Waals surface area contributed by atoms with Gasteiger partial charge in [-0.1, -0.05) is 12.1 Å². The fraction of sp³-hybridized carbons (Fsp3) is 0.452. The average molecular weight is 638 g/mol. The standard InChI is InChI=1S/C31H33F6N5O3/c1-18(2)42-16-24(23-6-5-22(32)14-25(23)33)30(34,17-42)28(45)39-29-38-9-12-41(29)15-20-3-4-21(31(35,36)37)13-26(20)40-10-7-19(8-11-40)27(43)44/h3-6,9,12-14,18-19,24H,7-8,10-11,15-17H2,1-2H3,(H,43,44)(H,38,39,45)/t24-,30-/m0/s1. The first-order valence-electron chi connectivity index (χ1n) is 14.6. The van der Waals surface area contributed by atoms with E-state index in [9.17, 15) is 36.6 Å². The van der Waals surface area contributed by atoms with Crippen molar-refractivity contribution in [2.75, 3.05) is 36.4 Å². The summed E-state index contributed by atoms with van der Waals surface area (Å²) in [5.74, 6) is -5.76. The smallest absolute Gasteiger partial charge is 0.416 e. The topological polar surface area (TPSA) is 90.7 Å². The zero-order valence-corrected chi connectivity index (χ0v) is 24.6. The van der Waals surface area contributed by atoms with Crippen LogP contribution in [-0.2, 0) is 22.3 Å². The van der Waals surface area contributed by atoms with E-state index >= 15 is 4.39 Å². The molecule has 3 heterocycles. The number of rotatable bonds is 8. The Morgan fingerprint density at radius 2 is 1.82 bits per heavy atom. The molecule has 2 aliphatic heterocycles. The van der Waals surface area contributed by atoms with Crippen molar-refractivity contribution in [2.24, 2.45) is 5.92 Å². The Kier molecular flexibility index (Phi) is 8.89. The molecule has 0 unspecified atom stereocenters. The van der Waals surface area contributed by atoms with Crippen molar-refractivity contribution >= 4 is 23.5 Å². The number of imidazole rings is 1. The van der Waals surface area contributed by atoms with Crippen molar-refractivity contribution in [2.45, 2.75) is 57.0 Å². The van der Waals surface area contributed by atoms with Gasteiger partial charge in [0.05, 0.1) is 18.0 Å². The number of aliphatic carboxylic acids is 1. The molecule has 242 valence electrons. The van der Waals surface area contributed by atoms with Crippen LogP contribution >= 0.6 is 0 Å². The van der Waals surface area contributed by atoms with Gasteiger partial charge < -0.3 is 14.6 Å². The van der Waals surface area contributed by atoms with Crippen molar-refractivity contribution in [3.8, 4) is 0 Å². The molecule has 0 radical (unpaired) electrons. The lowest BCUT2D eigenvalue weighted by Gasteiger charge is -2.34. The van der Waals surface area contributed by atoms with Crippen molar-refractivity contribution in [3.63, 3.8) is 0 Å². The summed E-state index contributed by atoms with van der Waals surface area (Å²) >= 11 is 0. The van der Waals surface area contributed by atoms with E-state index in [2.05, 4.69) is 10.3 Å². The summed E-state index contributed by atoms with van der Waals surface area (Å²) in [6.45, 7) is 3.68. The highest BCUT2D eigenvalue weighted by Crippen LogP contribution is 2.42. The Morgan fingerprint density at radius 3 is 2.44 bits per heavy atom. The van der Waals surface area contributed by atoms with Crippen molar-refractivity contribution in [1.82, 2.24) is 14.5 Å².